The number of nitrogens with one attached hydrogen (secondary N) is 1. The predicted octanol–water partition coefficient (Wildman–Crippen LogP) is 4.09. The lowest BCUT2D eigenvalue weighted by Gasteiger charge is -2.28. The number of hydrogen-bond donors (Lipinski definition) is 1. The number of piperidine rings is 1. The molecule has 0 radical (unpaired) electrons. The van der Waals surface area contributed by atoms with Crippen LogP contribution in [0.15, 0.2) is 0 Å². The highest BCUT2D eigenvalue weighted by atomic mass is 35.5. The van der Waals surface area contributed by atoms with Crippen molar-refractivity contribution in [2.75, 3.05) is 51.9 Å². The smallest absolute Gasteiger partial charge is 0.222 e. The Kier molecular flexibility index (Phi) is 22.2. The van der Waals surface area contributed by atoms with Gasteiger partial charge in [0.05, 0.1) is 0 Å². The van der Waals surface area contributed by atoms with E-state index in [0.717, 1.165) is 45.2 Å². The lowest BCUT2D eigenvalue weighted by molar-refractivity contribution is -0.147. The second kappa shape index (κ2) is 22.8. The SMILES string of the molecule is CCOC(CCN1CCCCC1=O)OCC.CCOC(CCNC(=O)CCCCCl)OCC. The molecule has 0 atom stereocenters. The molecular weight excluding hydrogens is 448 g/mol. The topological polar surface area (TPSA) is 86.3 Å². The average Bonchev–Trinajstić information content (AvgIpc) is 2.80. The van der Waals surface area contributed by atoms with Crippen LogP contribution in [0.4, 0.5) is 0 Å². The standard InChI is InChI=1S/C12H24ClNO3.C12H23NO3/c1-3-16-12(17-4-2)8-10-14-11(15)7-5-6-9-13;1-3-15-12(16-4-2)8-10-13-9-6-5-7-11(13)14/h12H,3-10H2,1-2H3,(H,14,15);12H,3-10H2,1-2H3. The molecule has 0 saturated carbocycles. The lowest BCUT2D eigenvalue weighted by atomic mass is 10.1. The van der Waals surface area contributed by atoms with Crippen molar-refractivity contribution in [2.24, 2.45) is 0 Å². The summed E-state index contributed by atoms with van der Waals surface area (Å²) in [7, 11) is 0. The summed E-state index contributed by atoms with van der Waals surface area (Å²) in [4.78, 5) is 24.9. The van der Waals surface area contributed by atoms with Gasteiger partial charge in [0.1, 0.15) is 0 Å². The summed E-state index contributed by atoms with van der Waals surface area (Å²) in [5, 5.41) is 2.85. The minimum Gasteiger partial charge on any atom is -0.356 e. The van der Waals surface area contributed by atoms with E-state index >= 15 is 0 Å². The van der Waals surface area contributed by atoms with E-state index in [1.165, 1.54) is 0 Å². The summed E-state index contributed by atoms with van der Waals surface area (Å²) in [5.41, 5.74) is 0. The summed E-state index contributed by atoms with van der Waals surface area (Å²) >= 11 is 5.54. The molecule has 1 heterocycles. The molecule has 9 heteroatoms. The van der Waals surface area contributed by atoms with E-state index in [1.807, 2.05) is 32.6 Å². The van der Waals surface area contributed by atoms with E-state index in [1.54, 1.807) is 0 Å². The second-order valence-corrected chi connectivity index (χ2v) is 7.97. The number of ether oxygens (including phenoxy) is 4. The number of carbonyl (C=O) groups is 2. The predicted molar refractivity (Wildman–Crippen MR) is 131 cm³/mol. The third-order valence-electron chi connectivity index (χ3n) is 4.96. The van der Waals surface area contributed by atoms with E-state index in [9.17, 15) is 9.59 Å². The molecule has 1 aliphatic rings. The van der Waals surface area contributed by atoms with Gasteiger partial charge in [-0.15, -0.1) is 11.6 Å². The maximum atomic E-state index is 11.6. The highest BCUT2D eigenvalue weighted by Gasteiger charge is 2.19. The largest absolute Gasteiger partial charge is 0.356 e. The number of hydrogen-bond acceptors (Lipinski definition) is 6. The fourth-order valence-electron chi connectivity index (χ4n) is 3.33. The van der Waals surface area contributed by atoms with Gasteiger partial charge in [-0.1, -0.05) is 0 Å². The first-order chi connectivity index (χ1) is 16.0. The van der Waals surface area contributed by atoms with Gasteiger partial charge >= 0.3 is 0 Å². The molecule has 0 unspecified atom stereocenters. The Morgan fingerprint density at radius 3 is 2.03 bits per heavy atom. The maximum Gasteiger partial charge on any atom is 0.222 e. The van der Waals surface area contributed by atoms with E-state index in [0.29, 0.717) is 58.1 Å². The highest BCUT2D eigenvalue weighted by Crippen LogP contribution is 2.12. The van der Waals surface area contributed by atoms with Crippen molar-refractivity contribution in [3.63, 3.8) is 0 Å². The van der Waals surface area contributed by atoms with Gasteiger partial charge in [-0.2, -0.15) is 0 Å². The molecule has 196 valence electrons. The average molecular weight is 495 g/mol. The Morgan fingerprint density at radius 1 is 0.939 bits per heavy atom. The minimum atomic E-state index is -0.215. The molecular formula is C24H47ClN2O6. The van der Waals surface area contributed by atoms with Crippen LogP contribution in [-0.4, -0.2) is 81.2 Å². The van der Waals surface area contributed by atoms with Crippen molar-refractivity contribution in [2.45, 2.75) is 91.6 Å². The zero-order chi connectivity index (χ0) is 24.7. The zero-order valence-electron chi connectivity index (χ0n) is 21.2. The van der Waals surface area contributed by atoms with Crippen LogP contribution in [0.5, 0.6) is 0 Å². The van der Waals surface area contributed by atoms with Crippen LogP contribution < -0.4 is 5.32 Å². The van der Waals surface area contributed by atoms with Gasteiger partial charge in [0, 0.05) is 77.6 Å². The van der Waals surface area contributed by atoms with E-state index in [2.05, 4.69) is 5.32 Å². The molecule has 0 aromatic rings. The van der Waals surface area contributed by atoms with Crippen LogP contribution in [0.1, 0.15) is 79.1 Å². The fourth-order valence-corrected chi connectivity index (χ4v) is 3.52. The number of alkyl halides is 1. The number of halogens is 1. The first-order valence-electron chi connectivity index (χ1n) is 12.6. The normalized spacial score (nSPS) is 13.9. The van der Waals surface area contributed by atoms with Gasteiger partial charge in [0.2, 0.25) is 11.8 Å². The number of nitrogens with zero attached hydrogens (tertiary/aromatic N) is 1. The number of likely N-dealkylation sites (tertiary alicyclic amines) is 1. The van der Waals surface area contributed by atoms with Crippen molar-refractivity contribution in [3.8, 4) is 0 Å². The third kappa shape index (κ3) is 18.1. The maximum absolute atomic E-state index is 11.6. The summed E-state index contributed by atoms with van der Waals surface area (Å²) in [6.45, 7) is 12.5. The third-order valence-corrected chi connectivity index (χ3v) is 5.22. The van der Waals surface area contributed by atoms with Crippen LogP contribution in [0.3, 0.4) is 0 Å². The molecule has 1 fully saturated rings. The van der Waals surface area contributed by atoms with Gasteiger partial charge < -0.3 is 29.2 Å². The zero-order valence-corrected chi connectivity index (χ0v) is 22.0. The van der Waals surface area contributed by atoms with Crippen LogP contribution >= 0.6 is 11.6 Å². The molecule has 1 aliphatic heterocycles. The highest BCUT2D eigenvalue weighted by molar-refractivity contribution is 6.17. The summed E-state index contributed by atoms with van der Waals surface area (Å²) in [6, 6.07) is 0. The number of unbranched alkanes of at least 4 members (excludes halogenated alkanes) is 1. The first-order valence-corrected chi connectivity index (χ1v) is 13.1. The Labute approximate surface area is 206 Å². The van der Waals surface area contributed by atoms with Crippen molar-refractivity contribution >= 4 is 23.4 Å². The number of carbonyl (C=O) groups excluding carboxylic acids is 2. The van der Waals surface area contributed by atoms with Crippen LogP contribution in [-0.2, 0) is 28.5 Å². The number of amides is 2. The Hall–Kier alpha value is -0.930. The summed E-state index contributed by atoms with van der Waals surface area (Å²) in [6.07, 6.45) is 6.21. The molecule has 0 aromatic heterocycles. The van der Waals surface area contributed by atoms with Crippen molar-refractivity contribution in [1.29, 1.82) is 0 Å². The molecule has 0 aromatic carbocycles. The molecule has 0 bridgehead atoms. The molecule has 8 nitrogen and oxygen atoms in total. The Balaban J connectivity index is 0.000000621. The molecule has 1 rings (SSSR count). The van der Waals surface area contributed by atoms with E-state index < -0.39 is 0 Å². The van der Waals surface area contributed by atoms with Crippen molar-refractivity contribution in [1.82, 2.24) is 10.2 Å². The van der Waals surface area contributed by atoms with Crippen LogP contribution in [0, 0.1) is 0 Å². The van der Waals surface area contributed by atoms with Gasteiger partial charge in [0.15, 0.2) is 12.6 Å². The summed E-state index contributed by atoms with van der Waals surface area (Å²) < 4.78 is 21.6. The molecule has 0 spiro atoms. The summed E-state index contributed by atoms with van der Waals surface area (Å²) in [5.74, 6) is 0.962. The van der Waals surface area contributed by atoms with Gasteiger partial charge in [-0.05, 0) is 53.4 Å². The molecule has 0 aliphatic carbocycles. The fraction of sp³-hybridized carbons (Fsp3) is 0.917. The molecule has 33 heavy (non-hydrogen) atoms. The Morgan fingerprint density at radius 2 is 1.52 bits per heavy atom. The van der Waals surface area contributed by atoms with Crippen LogP contribution in [0.25, 0.3) is 0 Å². The lowest BCUT2D eigenvalue weighted by Crippen LogP contribution is -2.37. The molecule has 1 saturated heterocycles. The minimum absolute atomic E-state index is 0.0712. The van der Waals surface area contributed by atoms with Gasteiger partial charge in [-0.25, -0.2) is 0 Å². The quantitative estimate of drug-likeness (QED) is 0.175. The van der Waals surface area contributed by atoms with Gasteiger partial charge in [0.25, 0.3) is 0 Å². The van der Waals surface area contributed by atoms with Gasteiger partial charge in [-0.3, -0.25) is 9.59 Å². The van der Waals surface area contributed by atoms with Crippen molar-refractivity contribution in [3.05, 3.63) is 0 Å². The Bertz CT molecular complexity index is 472. The van der Waals surface area contributed by atoms with Crippen molar-refractivity contribution < 1.29 is 28.5 Å². The van der Waals surface area contributed by atoms with E-state index in [4.69, 9.17) is 30.5 Å². The number of rotatable bonds is 18. The van der Waals surface area contributed by atoms with E-state index in [-0.39, 0.29) is 24.4 Å². The van der Waals surface area contributed by atoms with Crippen LogP contribution in [0.2, 0.25) is 0 Å². The molecule has 1 N–H and O–H groups in total. The monoisotopic (exact) mass is 494 g/mol. The first kappa shape index (κ1) is 32.1. The molecule has 2 amide bonds. The second-order valence-electron chi connectivity index (χ2n) is 7.59.